The van der Waals surface area contributed by atoms with E-state index in [0.717, 1.165) is 28.0 Å². The molecule has 0 saturated carbocycles. The van der Waals surface area contributed by atoms with Gasteiger partial charge in [-0.25, -0.2) is 19.7 Å². The van der Waals surface area contributed by atoms with Crippen LogP contribution in [0, 0.1) is 6.92 Å². The van der Waals surface area contributed by atoms with E-state index in [1.54, 1.807) is 19.2 Å². The van der Waals surface area contributed by atoms with Gasteiger partial charge >= 0.3 is 5.97 Å². The first-order valence-corrected chi connectivity index (χ1v) is 11.7. The average molecular weight is 486 g/mol. The number of carbonyl (C=O) groups excluding carboxylic acids is 1. The normalized spacial score (nSPS) is 11.8. The molecule has 184 valence electrons. The fourth-order valence-corrected chi connectivity index (χ4v) is 3.95. The molecule has 10 nitrogen and oxygen atoms in total. The molecule has 0 spiro atoms. The van der Waals surface area contributed by atoms with Gasteiger partial charge in [0.15, 0.2) is 5.65 Å². The Morgan fingerprint density at radius 2 is 1.97 bits per heavy atom. The molecule has 36 heavy (non-hydrogen) atoms. The van der Waals surface area contributed by atoms with E-state index in [1.165, 1.54) is 6.20 Å². The Bertz CT molecular complexity index is 1580. The zero-order valence-electron chi connectivity index (χ0n) is 20.9. The Labute approximate surface area is 207 Å². The van der Waals surface area contributed by atoms with Gasteiger partial charge in [0, 0.05) is 50.3 Å². The van der Waals surface area contributed by atoms with Crippen LogP contribution in [0.4, 0.5) is 5.82 Å². The van der Waals surface area contributed by atoms with Crippen molar-refractivity contribution in [1.29, 1.82) is 0 Å². The number of aromatic nitrogens is 6. The molecule has 0 aliphatic carbocycles. The molecule has 0 bridgehead atoms. The molecule has 0 radical (unpaired) electrons. The predicted molar refractivity (Wildman–Crippen MR) is 136 cm³/mol. The maximum Gasteiger partial charge on any atom is 0.340 e. The summed E-state index contributed by atoms with van der Waals surface area (Å²) in [4.78, 5) is 30.4. The van der Waals surface area contributed by atoms with Gasteiger partial charge < -0.3 is 19.1 Å². The minimum Gasteiger partial charge on any atom is -0.456 e. The molecule has 4 aromatic heterocycles. The standard InChI is InChI=1S/C26H27N7O3/c1-15-30-22(32-36-15)17-7-6-16-8-10-27-23(19(16)12-17)28-11-9-21-31-20-13-18(14-29-24(20)33(21)5)25(34)35-26(2,3)4/h6-8,10,12-14H,9,11H2,1-5H3,(H,27,28). The number of hydrogen-bond acceptors (Lipinski definition) is 9. The zero-order chi connectivity index (χ0) is 25.4. The number of carbonyl (C=O) groups is 1. The number of rotatable bonds is 6. The maximum absolute atomic E-state index is 12.4. The number of ether oxygens (including phenoxy) is 1. The monoisotopic (exact) mass is 485 g/mol. The molecule has 0 aliphatic rings. The van der Waals surface area contributed by atoms with Crippen molar-refractivity contribution in [1.82, 2.24) is 29.7 Å². The first-order valence-electron chi connectivity index (χ1n) is 11.7. The summed E-state index contributed by atoms with van der Waals surface area (Å²) in [5.41, 5.74) is 2.03. The molecule has 4 heterocycles. The third kappa shape index (κ3) is 4.74. The van der Waals surface area contributed by atoms with Crippen molar-refractivity contribution in [3.8, 4) is 11.4 Å². The Morgan fingerprint density at radius 1 is 1.14 bits per heavy atom. The van der Waals surface area contributed by atoms with Gasteiger partial charge in [-0.2, -0.15) is 4.98 Å². The van der Waals surface area contributed by atoms with Crippen molar-refractivity contribution < 1.29 is 14.1 Å². The number of nitrogens with zero attached hydrogens (tertiary/aromatic N) is 6. The smallest absolute Gasteiger partial charge is 0.340 e. The molecule has 0 fully saturated rings. The first kappa shape index (κ1) is 23.4. The van der Waals surface area contributed by atoms with Crippen LogP contribution in [0.5, 0.6) is 0 Å². The number of aryl methyl sites for hydroxylation is 2. The average Bonchev–Trinajstić information content (AvgIpc) is 3.40. The molecule has 1 N–H and O–H groups in total. The van der Waals surface area contributed by atoms with E-state index in [2.05, 4.69) is 25.4 Å². The van der Waals surface area contributed by atoms with Gasteiger partial charge in [-0.15, -0.1) is 0 Å². The van der Waals surface area contributed by atoms with Crippen LogP contribution < -0.4 is 5.32 Å². The number of pyridine rings is 2. The number of benzene rings is 1. The minimum atomic E-state index is -0.576. The largest absolute Gasteiger partial charge is 0.456 e. The van der Waals surface area contributed by atoms with Crippen LogP contribution in [-0.2, 0) is 18.2 Å². The van der Waals surface area contributed by atoms with Crippen LogP contribution in [0.1, 0.15) is 42.8 Å². The molecule has 0 aliphatic heterocycles. The Balaban J connectivity index is 1.34. The van der Waals surface area contributed by atoms with Crippen LogP contribution >= 0.6 is 0 Å². The number of esters is 1. The van der Waals surface area contributed by atoms with Crippen molar-refractivity contribution in [3.05, 3.63) is 60.0 Å². The summed E-state index contributed by atoms with van der Waals surface area (Å²) in [6.07, 6.45) is 3.94. The van der Waals surface area contributed by atoms with Crippen molar-refractivity contribution in [2.45, 2.75) is 39.7 Å². The Kier molecular flexibility index (Phi) is 5.87. The van der Waals surface area contributed by atoms with E-state index in [9.17, 15) is 4.79 Å². The van der Waals surface area contributed by atoms with Gasteiger partial charge in [-0.05, 0) is 44.4 Å². The predicted octanol–water partition coefficient (Wildman–Crippen LogP) is 4.48. The van der Waals surface area contributed by atoms with Crippen molar-refractivity contribution in [3.63, 3.8) is 0 Å². The number of fused-ring (bicyclic) bond motifs is 2. The highest BCUT2D eigenvalue weighted by molar-refractivity contribution is 5.94. The summed E-state index contributed by atoms with van der Waals surface area (Å²) in [6, 6.07) is 9.68. The highest BCUT2D eigenvalue weighted by atomic mass is 16.6. The molecule has 0 amide bonds. The van der Waals surface area contributed by atoms with Crippen LogP contribution in [-0.4, -0.2) is 47.8 Å². The molecule has 5 rings (SSSR count). The third-order valence-electron chi connectivity index (χ3n) is 5.63. The summed E-state index contributed by atoms with van der Waals surface area (Å²) >= 11 is 0. The first-order chi connectivity index (χ1) is 17.2. The lowest BCUT2D eigenvalue weighted by molar-refractivity contribution is 0.00692. The Hall–Kier alpha value is -4.34. The second-order valence-corrected chi connectivity index (χ2v) is 9.56. The van der Waals surface area contributed by atoms with Gasteiger partial charge in [0.25, 0.3) is 0 Å². The van der Waals surface area contributed by atoms with Crippen molar-refractivity contribution >= 4 is 33.7 Å². The van der Waals surface area contributed by atoms with Gasteiger partial charge in [-0.3, -0.25) is 0 Å². The molecular formula is C26H27N7O3. The quantitative estimate of drug-likeness (QED) is 0.347. The van der Waals surface area contributed by atoms with Crippen molar-refractivity contribution in [2.75, 3.05) is 11.9 Å². The summed E-state index contributed by atoms with van der Waals surface area (Å²) in [7, 11) is 1.92. The number of anilines is 1. The lowest BCUT2D eigenvalue weighted by Crippen LogP contribution is -2.23. The maximum atomic E-state index is 12.4. The van der Waals surface area contributed by atoms with E-state index in [4.69, 9.17) is 14.2 Å². The summed E-state index contributed by atoms with van der Waals surface area (Å²) < 4.78 is 12.5. The molecule has 0 saturated heterocycles. The molecule has 5 aromatic rings. The summed E-state index contributed by atoms with van der Waals surface area (Å²) in [5.74, 6) is 2.25. The number of imidazole rings is 1. The zero-order valence-corrected chi connectivity index (χ0v) is 20.9. The van der Waals surface area contributed by atoms with E-state index in [0.29, 0.717) is 41.4 Å². The lowest BCUT2D eigenvalue weighted by atomic mass is 10.1. The van der Waals surface area contributed by atoms with Gasteiger partial charge in [0.1, 0.15) is 22.8 Å². The molecule has 1 aromatic carbocycles. The topological polar surface area (TPSA) is 121 Å². The summed E-state index contributed by atoms with van der Waals surface area (Å²) in [6.45, 7) is 7.87. The van der Waals surface area contributed by atoms with E-state index < -0.39 is 11.6 Å². The molecule has 0 atom stereocenters. The highest BCUT2D eigenvalue weighted by Gasteiger charge is 2.20. The van der Waals surface area contributed by atoms with Gasteiger partial charge in [0.2, 0.25) is 11.7 Å². The van der Waals surface area contributed by atoms with Crippen LogP contribution in [0.15, 0.2) is 47.2 Å². The third-order valence-corrected chi connectivity index (χ3v) is 5.63. The van der Waals surface area contributed by atoms with E-state index in [1.807, 2.05) is 56.7 Å². The van der Waals surface area contributed by atoms with Crippen LogP contribution in [0.3, 0.4) is 0 Å². The lowest BCUT2D eigenvalue weighted by Gasteiger charge is -2.19. The van der Waals surface area contributed by atoms with Crippen molar-refractivity contribution in [2.24, 2.45) is 7.05 Å². The Morgan fingerprint density at radius 3 is 2.72 bits per heavy atom. The number of nitrogens with one attached hydrogen (secondary N) is 1. The van der Waals surface area contributed by atoms with Gasteiger partial charge in [0.05, 0.1) is 5.56 Å². The second-order valence-electron chi connectivity index (χ2n) is 9.56. The second kappa shape index (κ2) is 9.03. The highest BCUT2D eigenvalue weighted by Crippen LogP contribution is 2.27. The molecular weight excluding hydrogens is 458 g/mol. The molecule has 10 heteroatoms. The SMILES string of the molecule is Cc1nc(-c2ccc3ccnc(NCCc4nc5cc(C(=O)OC(C)(C)C)cnc5n4C)c3c2)no1. The number of hydrogen-bond donors (Lipinski definition) is 1. The summed E-state index contributed by atoms with van der Waals surface area (Å²) in [5, 5.41) is 9.46. The minimum absolute atomic E-state index is 0.382. The van der Waals surface area contributed by atoms with Crippen LogP contribution in [0.2, 0.25) is 0 Å². The van der Waals surface area contributed by atoms with E-state index >= 15 is 0 Å². The molecule has 0 unspecified atom stereocenters. The van der Waals surface area contributed by atoms with E-state index in [-0.39, 0.29) is 0 Å². The van der Waals surface area contributed by atoms with Crippen LogP contribution in [0.25, 0.3) is 33.3 Å². The van der Waals surface area contributed by atoms with Gasteiger partial charge in [-0.1, -0.05) is 17.3 Å². The fraction of sp³-hybridized carbons (Fsp3) is 0.308. The fourth-order valence-electron chi connectivity index (χ4n) is 3.95.